The number of nitrogens with zero attached hydrogens (tertiary/aromatic N) is 2. The molecule has 0 atom stereocenters. The summed E-state index contributed by atoms with van der Waals surface area (Å²) in [5.74, 6) is 0.0519. The van der Waals surface area contributed by atoms with E-state index in [2.05, 4.69) is 0 Å². The molecule has 1 rings (SSSR count). The summed E-state index contributed by atoms with van der Waals surface area (Å²) in [6, 6.07) is 1.95. The summed E-state index contributed by atoms with van der Waals surface area (Å²) in [4.78, 5) is 14.1. The molecule has 1 amide bonds. The molecule has 0 aliphatic carbocycles. The highest BCUT2D eigenvalue weighted by molar-refractivity contribution is 5.94. The van der Waals surface area contributed by atoms with E-state index in [9.17, 15) is 4.79 Å². The van der Waals surface area contributed by atoms with Crippen molar-refractivity contribution in [3.8, 4) is 0 Å². The number of hydrogen-bond donors (Lipinski definition) is 1. The normalized spacial score (nSPS) is 10.8. The molecule has 0 fully saturated rings. The van der Waals surface area contributed by atoms with E-state index >= 15 is 0 Å². The molecular formula is C12H21N3O. The molecule has 0 spiro atoms. The van der Waals surface area contributed by atoms with Gasteiger partial charge in [0.25, 0.3) is 5.91 Å². The molecular weight excluding hydrogens is 202 g/mol. The fourth-order valence-corrected chi connectivity index (χ4v) is 1.86. The molecule has 0 aliphatic rings. The van der Waals surface area contributed by atoms with Crippen LogP contribution in [0.5, 0.6) is 0 Å². The van der Waals surface area contributed by atoms with Crippen LogP contribution in [0.2, 0.25) is 0 Å². The van der Waals surface area contributed by atoms with Crippen molar-refractivity contribution in [1.82, 2.24) is 9.47 Å². The molecule has 1 heterocycles. The Bertz CT molecular complexity index is 368. The molecule has 16 heavy (non-hydrogen) atoms. The quantitative estimate of drug-likeness (QED) is 0.848. The van der Waals surface area contributed by atoms with Gasteiger partial charge in [0.05, 0.1) is 5.69 Å². The summed E-state index contributed by atoms with van der Waals surface area (Å²) in [7, 11) is 0. The van der Waals surface area contributed by atoms with Crippen molar-refractivity contribution < 1.29 is 4.79 Å². The Kier molecular flexibility index (Phi) is 3.99. The van der Waals surface area contributed by atoms with Gasteiger partial charge in [-0.3, -0.25) is 4.79 Å². The molecule has 0 radical (unpaired) electrons. The molecule has 1 aromatic heterocycles. The Balaban J connectivity index is 3.02. The third kappa shape index (κ3) is 2.38. The first-order chi connectivity index (χ1) is 7.51. The standard InChI is InChI=1S/C12H21N3O/c1-5-14-8-10(13)7-11(14)12(16)15(6-2)9(3)4/h7-9H,5-6,13H2,1-4H3. The van der Waals surface area contributed by atoms with Gasteiger partial charge < -0.3 is 15.2 Å². The minimum Gasteiger partial charge on any atom is -0.397 e. The molecule has 2 N–H and O–H groups in total. The van der Waals surface area contributed by atoms with Crippen molar-refractivity contribution in [2.75, 3.05) is 12.3 Å². The Labute approximate surface area is 97.0 Å². The molecule has 1 aromatic rings. The van der Waals surface area contributed by atoms with Crippen molar-refractivity contribution in [3.63, 3.8) is 0 Å². The molecule has 4 nitrogen and oxygen atoms in total. The average molecular weight is 223 g/mol. The number of rotatable bonds is 4. The first-order valence-corrected chi connectivity index (χ1v) is 5.77. The van der Waals surface area contributed by atoms with Crippen LogP contribution in [0.3, 0.4) is 0 Å². The van der Waals surface area contributed by atoms with Crippen molar-refractivity contribution in [1.29, 1.82) is 0 Å². The van der Waals surface area contributed by atoms with E-state index in [-0.39, 0.29) is 11.9 Å². The second-order valence-electron chi connectivity index (χ2n) is 4.13. The summed E-state index contributed by atoms with van der Waals surface area (Å²) in [6.45, 7) is 9.50. The first kappa shape index (κ1) is 12.6. The SMILES string of the molecule is CCN(C(=O)c1cc(N)cn1CC)C(C)C. The van der Waals surface area contributed by atoms with Gasteiger partial charge in [-0.2, -0.15) is 0 Å². The van der Waals surface area contributed by atoms with Crippen molar-refractivity contribution in [2.45, 2.75) is 40.3 Å². The maximum absolute atomic E-state index is 12.3. The number of aryl methyl sites for hydroxylation is 1. The van der Waals surface area contributed by atoms with Gasteiger partial charge in [0.15, 0.2) is 0 Å². The van der Waals surface area contributed by atoms with Crippen LogP contribution in [0.25, 0.3) is 0 Å². The third-order valence-electron chi connectivity index (χ3n) is 2.70. The molecule has 0 saturated heterocycles. The number of carbonyl (C=O) groups is 1. The molecule has 0 aliphatic heterocycles. The number of aromatic nitrogens is 1. The predicted molar refractivity (Wildman–Crippen MR) is 66.4 cm³/mol. The lowest BCUT2D eigenvalue weighted by Crippen LogP contribution is -2.37. The van der Waals surface area contributed by atoms with E-state index in [1.807, 2.05) is 37.2 Å². The van der Waals surface area contributed by atoms with Gasteiger partial charge in [0.2, 0.25) is 0 Å². The van der Waals surface area contributed by atoms with Gasteiger partial charge in [0.1, 0.15) is 5.69 Å². The highest BCUT2D eigenvalue weighted by Crippen LogP contribution is 2.14. The van der Waals surface area contributed by atoms with E-state index in [1.54, 1.807) is 12.3 Å². The van der Waals surface area contributed by atoms with Gasteiger partial charge in [-0.25, -0.2) is 0 Å². The van der Waals surface area contributed by atoms with Crippen LogP contribution in [-0.4, -0.2) is 28.0 Å². The van der Waals surface area contributed by atoms with Crippen LogP contribution in [0.4, 0.5) is 5.69 Å². The Morgan fingerprint density at radius 1 is 1.50 bits per heavy atom. The van der Waals surface area contributed by atoms with Gasteiger partial charge in [-0.1, -0.05) is 0 Å². The monoisotopic (exact) mass is 223 g/mol. The zero-order valence-electron chi connectivity index (χ0n) is 10.5. The van der Waals surface area contributed by atoms with Gasteiger partial charge >= 0.3 is 0 Å². The maximum Gasteiger partial charge on any atom is 0.270 e. The van der Waals surface area contributed by atoms with Crippen LogP contribution in [0.15, 0.2) is 12.3 Å². The van der Waals surface area contributed by atoms with Crippen LogP contribution in [0, 0.1) is 0 Å². The highest BCUT2D eigenvalue weighted by atomic mass is 16.2. The highest BCUT2D eigenvalue weighted by Gasteiger charge is 2.20. The smallest absolute Gasteiger partial charge is 0.270 e. The molecule has 0 bridgehead atoms. The Hall–Kier alpha value is -1.45. The van der Waals surface area contributed by atoms with Crippen molar-refractivity contribution >= 4 is 11.6 Å². The summed E-state index contributed by atoms with van der Waals surface area (Å²) in [5, 5.41) is 0. The zero-order valence-corrected chi connectivity index (χ0v) is 10.5. The largest absolute Gasteiger partial charge is 0.397 e. The average Bonchev–Trinajstić information content (AvgIpc) is 2.59. The fourth-order valence-electron chi connectivity index (χ4n) is 1.86. The lowest BCUT2D eigenvalue weighted by molar-refractivity contribution is 0.0706. The molecule has 4 heteroatoms. The number of anilines is 1. The lowest BCUT2D eigenvalue weighted by atomic mass is 10.2. The minimum absolute atomic E-state index is 0.0519. The van der Waals surface area contributed by atoms with E-state index < -0.39 is 0 Å². The summed E-state index contributed by atoms with van der Waals surface area (Å²) < 4.78 is 1.89. The van der Waals surface area contributed by atoms with E-state index in [4.69, 9.17) is 5.73 Å². The molecule has 0 aromatic carbocycles. The van der Waals surface area contributed by atoms with E-state index in [1.165, 1.54) is 0 Å². The number of carbonyl (C=O) groups excluding carboxylic acids is 1. The number of nitrogen functional groups attached to an aromatic ring is 1. The van der Waals surface area contributed by atoms with Gasteiger partial charge in [-0.05, 0) is 33.8 Å². The second kappa shape index (κ2) is 5.05. The maximum atomic E-state index is 12.3. The third-order valence-corrected chi connectivity index (χ3v) is 2.70. The van der Waals surface area contributed by atoms with Crippen molar-refractivity contribution in [2.24, 2.45) is 0 Å². The lowest BCUT2D eigenvalue weighted by Gasteiger charge is -2.25. The predicted octanol–water partition coefficient (Wildman–Crippen LogP) is 1.96. The summed E-state index contributed by atoms with van der Waals surface area (Å²) in [5.41, 5.74) is 7.04. The van der Waals surface area contributed by atoms with Gasteiger partial charge in [-0.15, -0.1) is 0 Å². The van der Waals surface area contributed by atoms with Crippen LogP contribution < -0.4 is 5.73 Å². The Morgan fingerprint density at radius 3 is 2.56 bits per heavy atom. The number of nitrogens with two attached hydrogens (primary N) is 1. The van der Waals surface area contributed by atoms with E-state index in [0.717, 1.165) is 6.54 Å². The molecule has 90 valence electrons. The topological polar surface area (TPSA) is 51.3 Å². The van der Waals surface area contributed by atoms with Crippen molar-refractivity contribution in [3.05, 3.63) is 18.0 Å². The fraction of sp³-hybridized carbons (Fsp3) is 0.583. The van der Waals surface area contributed by atoms with Crippen LogP contribution in [0.1, 0.15) is 38.2 Å². The van der Waals surface area contributed by atoms with Gasteiger partial charge in [0, 0.05) is 25.3 Å². The molecule has 0 saturated carbocycles. The molecule has 0 unspecified atom stereocenters. The number of hydrogen-bond acceptors (Lipinski definition) is 2. The summed E-state index contributed by atoms with van der Waals surface area (Å²) in [6.07, 6.45) is 1.81. The van der Waals surface area contributed by atoms with E-state index in [0.29, 0.717) is 17.9 Å². The first-order valence-electron chi connectivity index (χ1n) is 5.77. The minimum atomic E-state index is 0.0519. The van der Waals surface area contributed by atoms with Crippen LogP contribution in [-0.2, 0) is 6.54 Å². The zero-order chi connectivity index (χ0) is 12.3. The number of amides is 1. The van der Waals surface area contributed by atoms with Crippen LogP contribution >= 0.6 is 0 Å². The summed E-state index contributed by atoms with van der Waals surface area (Å²) >= 11 is 0. The second-order valence-corrected chi connectivity index (χ2v) is 4.13. The Morgan fingerprint density at radius 2 is 2.12 bits per heavy atom.